The first-order valence-electron chi connectivity index (χ1n) is 6.33. The average Bonchev–Trinajstić information content (AvgIpc) is 2.73. The molecular weight excluding hydrogens is 168 g/mol. The first-order valence-corrected chi connectivity index (χ1v) is 6.33. The van der Waals surface area contributed by atoms with Gasteiger partial charge in [0.15, 0.2) is 0 Å². The predicted molar refractivity (Wildman–Crippen MR) is 66.5 cm³/mol. The highest BCUT2D eigenvalue weighted by molar-refractivity contribution is 4.92. The van der Waals surface area contributed by atoms with E-state index in [0.29, 0.717) is 0 Å². The molecule has 2 saturated carbocycles. The molecule has 0 N–H and O–H groups in total. The van der Waals surface area contributed by atoms with Crippen molar-refractivity contribution < 1.29 is 0 Å². The van der Waals surface area contributed by atoms with Gasteiger partial charge in [-0.25, -0.2) is 0 Å². The third kappa shape index (κ3) is 2.52. The molecule has 0 heterocycles. The summed E-state index contributed by atoms with van der Waals surface area (Å²) in [4.78, 5) is 0. The Morgan fingerprint density at radius 1 is 1.07 bits per heavy atom. The van der Waals surface area contributed by atoms with Gasteiger partial charge in [0.1, 0.15) is 0 Å². The molecule has 0 radical (unpaired) electrons. The van der Waals surface area contributed by atoms with Crippen LogP contribution in [0.25, 0.3) is 0 Å². The molecule has 0 aromatic rings. The fourth-order valence-corrected chi connectivity index (χ4v) is 3.61. The topological polar surface area (TPSA) is 0 Å². The highest BCUT2D eigenvalue weighted by Gasteiger charge is 2.42. The largest absolute Gasteiger partial charge is 0.0776 e. The summed E-state index contributed by atoms with van der Waals surface area (Å²) in [5.41, 5.74) is 0. The van der Waals surface area contributed by atoms with Crippen molar-refractivity contribution in [3.8, 4) is 0 Å². The number of hydrogen-bond donors (Lipinski definition) is 0. The van der Waals surface area contributed by atoms with Crippen LogP contribution in [-0.4, -0.2) is 0 Å². The molecule has 0 saturated heterocycles. The lowest BCUT2D eigenvalue weighted by atomic mass is 9.90. The van der Waals surface area contributed by atoms with Crippen molar-refractivity contribution in [3.05, 3.63) is 0 Å². The summed E-state index contributed by atoms with van der Waals surface area (Å²) in [5.74, 6) is 4.40. The van der Waals surface area contributed by atoms with Gasteiger partial charge in [-0.3, -0.25) is 0 Å². The average molecular weight is 198 g/mol. The Balaban J connectivity index is 0.000000531. The van der Waals surface area contributed by atoms with Crippen LogP contribution in [-0.2, 0) is 0 Å². The summed E-state index contributed by atoms with van der Waals surface area (Å²) in [6.45, 7) is 8.84. The van der Waals surface area contributed by atoms with Crippen molar-refractivity contribution in [1.82, 2.24) is 0 Å². The molecular formula is C14H30. The Morgan fingerprint density at radius 2 is 1.64 bits per heavy atom. The molecule has 2 aliphatic rings. The fraction of sp³-hybridized carbons (Fsp3) is 1.00. The van der Waals surface area contributed by atoms with Gasteiger partial charge < -0.3 is 0 Å². The molecule has 0 bridgehead atoms. The zero-order valence-electron chi connectivity index (χ0n) is 9.84. The second-order valence-corrected chi connectivity index (χ2v) is 4.64. The van der Waals surface area contributed by atoms with Crippen molar-refractivity contribution in [1.29, 1.82) is 0 Å². The number of fused-ring (bicyclic) bond motifs is 1. The van der Waals surface area contributed by atoms with Crippen molar-refractivity contribution in [3.63, 3.8) is 0 Å². The minimum atomic E-state index is 0. The summed E-state index contributed by atoms with van der Waals surface area (Å²) < 4.78 is 0. The normalized spacial score (nSPS) is 39.4. The molecule has 4 atom stereocenters. The highest BCUT2D eigenvalue weighted by Crippen LogP contribution is 2.51. The van der Waals surface area contributed by atoms with Gasteiger partial charge in [-0.2, -0.15) is 0 Å². The van der Waals surface area contributed by atoms with E-state index in [9.17, 15) is 0 Å². The number of rotatable bonds is 1. The van der Waals surface area contributed by atoms with Gasteiger partial charge in [0.25, 0.3) is 0 Å². The monoisotopic (exact) mass is 198 g/mol. The lowest BCUT2D eigenvalue weighted by Gasteiger charge is -2.16. The van der Waals surface area contributed by atoms with Gasteiger partial charge in [0.05, 0.1) is 0 Å². The smallest absolute Gasteiger partial charge is 0.0355 e. The summed E-state index contributed by atoms with van der Waals surface area (Å²) in [5, 5.41) is 0. The Hall–Kier alpha value is 0. The van der Waals surface area contributed by atoms with Crippen LogP contribution < -0.4 is 0 Å². The highest BCUT2D eigenvalue weighted by atomic mass is 14.5. The van der Waals surface area contributed by atoms with Crippen LogP contribution in [0.5, 0.6) is 0 Å². The van der Waals surface area contributed by atoms with Crippen LogP contribution in [0.4, 0.5) is 0 Å². The molecule has 0 spiro atoms. The van der Waals surface area contributed by atoms with Crippen LogP contribution in [0.15, 0.2) is 0 Å². The Morgan fingerprint density at radius 3 is 2.21 bits per heavy atom. The van der Waals surface area contributed by atoms with E-state index in [4.69, 9.17) is 0 Å². The molecule has 0 aromatic heterocycles. The minimum Gasteiger partial charge on any atom is -0.0776 e. The zero-order valence-corrected chi connectivity index (χ0v) is 9.84. The van der Waals surface area contributed by atoms with Gasteiger partial charge in [-0.15, -0.1) is 0 Å². The molecule has 2 rings (SSSR count). The lowest BCUT2D eigenvalue weighted by molar-refractivity contribution is 0.333. The maximum absolute atomic E-state index is 2.47. The van der Waals surface area contributed by atoms with Crippen molar-refractivity contribution in [2.24, 2.45) is 23.7 Å². The SMILES string of the molecule is C.CC.CCC1CC(C)C2CCCC12. The molecule has 0 amide bonds. The first-order chi connectivity index (χ1) is 6.33. The van der Waals surface area contributed by atoms with Gasteiger partial charge in [0.2, 0.25) is 0 Å². The third-order valence-corrected chi connectivity index (χ3v) is 4.16. The van der Waals surface area contributed by atoms with Crippen molar-refractivity contribution >= 4 is 0 Å². The maximum atomic E-state index is 2.47. The molecule has 14 heavy (non-hydrogen) atoms. The maximum Gasteiger partial charge on any atom is -0.0355 e. The van der Waals surface area contributed by atoms with E-state index >= 15 is 0 Å². The lowest BCUT2D eigenvalue weighted by Crippen LogP contribution is -2.08. The summed E-state index contributed by atoms with van der Waals surface area (Å²) in [7, 11) is 0. The van der Waals surface area contributed by atoms with Crippen LogP contribution in [0.3, 0.4) is 0 Å². The van der Waals surface area contributed by atoms with E-state index in [0.717, 1.165) is 23.7 Å². The summed E-state index contributed by atoms with van der Waals surface area (Å²) >= 11 is 0. The van der Waals surface area contributed by atoms with Gasteiger partial charge >= 0.3 is 0 Å². The van der Waals surface area contributed by atoms with Crippen LogP contribution in [0.2, 0.25) is 0 Å². The standard InChI is InChI=1S/C11H20.C2H6.CH4/c1-3-9-7-8(2)10-5-4-6-11(9)10;1-2;/h8-11H,3-7H2,1-2H3;1-2H3;1H4. The molecule has 4 unspecified atom stereocenters. The molecule has 0 heteroatoms. The molecule has 2 aliphatic carbocycles. The summed E-state index contributed by atoms with van der Waals surface area (Å²) in [6.07, 6.45) is 7.59. The van der Waals surface area contributed by atoms with Crippen LogP contribution in [0.1, 0.15) is 67.2 Å². The van der Waals surface area contributed by atoms with E-state index in [1.54, 1.807) is 12.8 Å². The first kappa shape index (κ1) is 14.0. The molecule has 86 valence electrons. The van der Waals surface area contributed by atoms with E-state index in [2.05, 4.69) is 13.8 Å². The fourth-order valence-electron chi connectivity index (χ4n) is 3.61. The second-order valence-electron chi connectivity index (χ2n) is 4.64. The molecule has 0 nitrogen and oxygen atoms in total. The Labute approximate surface area is 91.5 Å². The molecule has 0 aromatic carbocycles. The Bertz CT molecular complexity index is 139. The minimum absolute atomic E-state index is 0. The van der Waals surface area contributed by atoms with Crippen molar-refractivity contribution in [2.75, 3.05) is 0 Å². The summed E-state index contributed by atoms with van der Waals surface area (Å²) in [6, 6.07) is 0. The van der Waals surface area contributed by atoms with Gasteiger partial charge in [0, 0.05) is 0 Å². The third-order valence-electron chi connectivity index (χ3n) is 4.16. The van der Waals surface area contributed by atoms with Gasteiger partial charge in [-0.1, -0.05) is 48.0 Å². The van der Waals surface area contributed by atoms with E-state index in [1.165, 1.54) is 19.3 Å². The zero-order chi connectivity index (χ0) is 9.84. The van der Waals surface area contributed by atoms with E-state index in [1.807, 2.05) is 13.8 Å². The molecule has 0 aliphatic heterocycles. The van der Waals surface area contributed by atoms with E-state index in [-0.39, 0.29) is 7.43 Å². The molecule has 2 fully saturated rings. The quantitative estimate of drug-likeness (QED) is 0.548. The Kier molecular flexibility index (Phi) is 6.48. The van der Waals surface area contributed by atoms with Crippen molar-refractivity contribution in [2.45, 2.75) is 67.2 Å². The number of hydrogen-bond acceptors (Lipinski definition) is 0. The van der Waals surface area contributed by atoms with Crippen LogP contribution in [0, 0.1) is 23.7 Å². The second kappa shape index (κ2) is 6.48. The van der Waals surface area contributed by atoms with E-state index < -0.39 is 0 Å². The van der Waals surface area contributed by atoms with Gasteiger partial charge in [-0.05, 0) is 42.9 Å². The predicted octanol–water partition coefficient (Wildman–Crippen LogP) is 5.13. The van der Waals surface area contributed by atoms with Crippen LogP contribution >= 0.6 is 0 Å².